The van der Waals surface area contributed by atoms with E-state index < -0.39 is 0 Å². The summed E-state index contributed by atoms with van der Waals surface area (Å²) in [6.45, 7) is 2.18. The topological polar surface area (TPSA) is 62.6 Å². The Morgan fingerprint density at radius 2 is 1.83 bits per heavy atom. The zero-order valence-corrected chi connectivity index (χ0v) is 13.4. The Morgan fingerprint density at radius 3 is 2.58 bits per heavy atom. The van der Waals surface area contributed by atoms with Gasteiger partial charge in [0.1, 0.15) is 0 Å². The van der Waals surface area contributed by atoms with Crippen molar-refractivity contribution in [1.29, 1.82) is 0 Å². The van der Waals surface area contributed by atoms with Crippen molar-refractivity contribution in [3.05, 3.63) is 66.6 Å². The molecule has 3 aromatic rings. The van der Waals surface area contributed by atoms with Gasteiger partial charge in [-0.05, 0) is 23.6 Å². The third-order valence-corrected chi connectivity index (χ3v) is 3.74. The number of nitrogens with one attached hydrogen (secondary N) is 1. The second-order valence-electron chi connectivity index (χ2n) is 5.42. The SMILES string of the molecule is CC(=O)NCCN(C(=O)c1ccco1)c1cccc2ccccc12. The smallest absolute Gasteiger partial charge is 0.294 e. The van der Waals surface area contributed by atoms with Gasteiger partial charge >= 0.3 is 0 Å². The number of rotatable bonds is 5. The van der Waals surface area contributed by atoms with E-state index >= 15 is 0 Å². The number of fused-ring (bicyclic) bond motifs is 1. The number of hydrogen-bond acceptors (Lipinski definition) is 3. The average Bonchev–Trinajstić information content (AvgIpc) is 3.12. The molecule has 1 aromatic heterocycles. The lowest BCUT2D eigenvalue weighted by molar-refractivity contribution is -0.118. The molecule has 0 unspecified atom stereocenters. The number of benzene rings is 2. The number of amides is 2. The molecule has 0 saturated carbocycles. The van der Waals surface area contributed by atoms with Crippen LogP contribution >= 0.6 is 0 Å². The Labute approximate surface area is 139 Å². The maximum Gasteiger partial charge on any atom is 0.294 e. The number of furan rings is 1. The van der Waals surface area contributed by atoms with Crippen LogP contribution in [-0.2, 0) is 4.79 Å². The molecule has 0 aliphatic rings. The third kappa shape index (κ3) is 3.30. The zero-order chi connectivity index (χ0) is 16.9. The first-order chi connectivity index (χ1) is 11.7. The molecule has 0 fully saturated rings. The van der Waals surface area contributed by atoms with Gasteiger partial charge in [-0.1, -0.05) is 36.4 Å². The van der Waals surface area contributed by atoms with Crippen LogP contribution < -0.4 is 10.2 Å². The molecule has 122 valence electrons. The Kier molecular flexibility index (Phi) is 4.61. The maximum absolute atomic E-state index is 12.8. The summed E-state index contributed by atoms with van der Waals surface area (Å²) in [6, 6.07) is 17.0. The van der Waals surface area contributed by atoms with Crippen LogP contribution in [0.25, 0.3) is 10.8 Å². The highest BCUT2D eigenvalue weighted by Crippen LogP contribution is 2.27. The molecule has 0 atom stereocenters. The molecule has 5 heteroatoms. The van der Waals surface area contributed by atoms with E-state index in [9.17, 15) is 9.59 Å². The number of nitrogens with zero attached hydrogens (tertiary/aromatic N) is 1. The molecule has 2 amide bonds. The first-order valence-corrected chi connectivity index (χ1v) is 7.74. The van der Waals surface area contributed by atoms with E-state index in [2.05, 4.69) is 5.32 Å². The van der Waals surface area contributed by atoms with Crippen LogP contribution in [0.5, 0.6) is 0 Å². The number of anilines is 1. The van der Waals surface area contributed by atoms with E-state index in [1.807, 2.05) is 42.5 Å². The highest BCUT2D eigenvalue weighted by molar-refractivity contribution is 6.09. The van der Waals surface area contributed by atoms with Gasteiger partial charge in [0.2, 0.25) is 5.91 Å². The van der Waals surface area contributed by atoms with Crippen LogP contribution in [0.4, 0.5) is 5.69 Å². The van der Waals surface area contributed by atoms with Crippen molar-refractivity contribution in [2.45, 2.75) is 6.92 Å². The summed E-state index contributed by atoms with van der Waals surface area (Å²) in [5.74, 6) is -0.0919. The fraction of sp³-hybridized carbons (Fsp3) is 0.158. The van der Waals surface area contributed by atoms with E-state index in [0.717, 1.165) is 16.5 Å². The summed E-state index contributed by atoms with van der Waals surface area (Å²) in [5.41, 5.74) is 0.792. The molecule has 5 nitrogen and oxygen atoms in total. The molecule has 1 heterocycles. The molecule has 0 aliphatic heterocycles. The average molecular weight is 322 g/mol. The summed E-state index contributed by atoms with van der Waals surface area (Å²) >= 11 is 0. The van der Waals surface area contributed by atoms with Gasteiger partial charge in [0.15, 0.2) is 5.76 Å². The molecule has 0 radical (unpaired) electrons. The van der Waals surface area contributed by atoms with Gasteiger partial charge in [-0.15, -0.1) is 0 Å². The highest BCUT2D eigenvalue weighted by Gasteiger charge is 2.21. The van der Waals surface area contributed by atoms with Gasteiger partial charge in [-0.3, -0.25) is 9.59 Å². The monoisotopic (exact) mass is 322 g/mol. The molecular formula is C19H18N2O3. The van der Waals surface area contributed by atoms with Crippen LogP contribution in [0, 0.1) is 0 Å². The molecule has 0 saturated heterocycles. The lowest BCUT2D eigenvalue weighted by Gasteiger charge is -2.23. The Balaban J connectivity index is 1.99. The zero-order valence-electron chi connectivity index (χ0n) is 13.4. The van der Waals surface area contributed by atoms with Crippen molar-refractivity contribution in [2.24, 2.45) is 0 Å². The second kappa shape index (κ2) is 7.00. The van der Waals surface area contributed by atoms with Crippen molar-refractivity contribution in [3.8, 4) is 0 Å². The van der Waals surface area contributed by atoms with Crippen LogP contribution in [0.15, 0.2) is 65.3 Å². The van der Waals surface area contributed by atoms with Gasteiger partial charge in [0, 0.05) is 25.4 Å². The number of carbonyl (C=O) groups is 2. The normalized spacial score (nSPS) is 10.5. The first-order valence-electron chi connectivity index (χ1n) is 7.74. The Bertz CT molecular complexity index is 851. The molecular weight excluding hydrogens is 304 g/mol. The number of hydrogen-bond donors (Lipinski definition) is 1. The molecule has 0 aliphatic carbocycles. The summed E-state index contributed by atoms with van der Waals surface area (Å²) in [6.07, 6.45) is 1.47. The standard InChI is InChI=1S/C19H18N2O3/c1-14(22)20-11-12-21(19(23)18-10-5-13-24-18)17-9-4-7-15-6-2-3-8-16(15)17/h2-10,13H,11-12H2,1H3,(H,20,22). The van der Waals surface area contributed by atoms with Crippen molar-refractivity contribution in [1.82, 2.24) is 5.32 Å². The molecule has 24 heavy (non-hydrogen) atoms. The highest BCUT2D eigenvalue weighted by atomic mass is 16.3. The van der Waals surface area contributed by atoms with Crippen LogP contribution in [0.2, 0.25) is 0 Å². The van der Waals surface area contributed by atoms with Crippen LogP contribution in [0.1, 0.15) is 17.5 Å². The van der Waals surface area contributed by atoms with Crippen LogP contribution in [-0.4, -0.2) is 24.9 Å². The van der Waals surface area contributed by atoms with E-state index in [1.165, 1.54) is 13.2 Å². The summed E-state index contributed by atoms with van der Waals surface area (Å²) in [4.78, 5) is 25.6. The van der Waals surface area contributed by atoms with E-state index in [1.54, 1.807) is 17.0 Å². The van der Waals surface area contributed by atoms with Gasteiger partial charge in [0.25, 0.3) is 5.91 Å². The maximum atomic E-state index is 12.8. The fourth-order valence-electron chi connectivity index (χ4n) is 2.65. The molecule has 0 spiro atoms. The predicted octanol–water partition coefficient (Wildman–Crippen LogP) is 3.22. The van der Waals surface area contributed by atoms with Gasteiger partial charge in [-0.2, -0.15) is 0 Å². The molecule has 2 aromatic carbocycles. The first kappa shape index (κ1) is 15.8. The summed E-state index contributed by atoms with van der Waals surface area (Å²) < 4.78 is 5.26. The largest absolute Gasteiger partial charge is 0.459 e. The van der Waals surface area contributed by atoms with E-state index in [-0.39, 0.29) is 17.6 Å². The Morgan fingerprint density at radius 1 is 1.04 bits per heavy atom. The quantitative estimate of drug-likeness (QED) is 0.784. The third-order valence-electron chi connectivity index (χ3n) is 3.74. The predicted molar refractivity (Wildman–Crippen MR) is 93.0 cm³/mol. The number of carbonyl (C=O) groups excluding carboxylic acids is 2. The molecule has 1 N–H and O–H groups in total. The molecule has 0 bridgehead atoms. The minimum absolute atomic E-state index is 0.127. The van der Waals surface area contributed by atoms with Crippen molar-refractivity contribution in [2.75, 3.05) is 18.0 Å². The molecule has 3 rings (SSSR count). The minimum atomic E-state index is -0.235. The van der Waals surface area contributed by atoms with E-state index in [4.69, 9.17) is 4.42 Å². The lowest BCUT2D eigenvalue weighted by Crippen LogP contribution is -2.38. The van der Waals surface area contributed by atoms with Gasteiger partial charge in [-0.25, -0.2) is 0 Å². The lowest BCUT2D eigenvalue weighted by atomic mass is 10.1. The fourth-order valence-corrected chi connectivity index (χ4v) is 2.65. The van der Waals surface area contributed by atoms with Crippen molar-refractivity contribution < 1.29 is 14.0 Å². The van der Waals surface area contributed by atoms with Crippen LogP contribution in [0.3, 0.4) is 0 Å². The van der Waals surface area contributed by atoms with Gasteiger partial charge in [0.05, 0.1) is 12.0 Å². The second-order valence-corrected chi connectivity index (χ2v) is 5.42. The van der Waals surface area contributed by atoms with Crippen molar-refractivity contribution in [3.63, 3.8) is 0 Å². The van der Waals surface area contributed by atoms with E-state index in [0.29, 0.717) is 13.1 Å². The summed E-state index contributed by atoms with van der Waals surface area (Å²) in [5, 5.41) is 4.75. The Hall–Kier alpha value is -3.08. The van der Waals surface area contributed by atoms with Gasteiger partial charge < -0.3 is 14.6 Å². The van der Waals surface area contributed by atoms with Crippen molar-refractivity contribution >= 4 is 28.3 Å². The summed E-state index contributed by atoms with van der Waals surface area (Å²) in [7, 11) is 0. The minimum Gasteiger partial charge on any atom is -0.459 e.